The Labute approximate surface area is 135 Å². The van der Waals surface area contributed by atoms with Crippen molar-refractivity contribution in [1.29, 1.82) is 0 Å². The van der Waals surface area contributed by atoms with E-state index in [2.05, 4.69) is 15.6 Å². The van der Waals surface area contributed by atoms with Gasteiger partial charge in [0, 0.05) is 18.4 Å². The summed E-state index contributed by atoms with van der Waals surface area (Å²) in [4.78, 5) is 16.4. The molecule has 5 heteroatoms. The number of pyridine rings is 1. The maximum atomic E-state index is 12.2. The second-order valence-electron chi connectivity index (χ2n) is 6.18. The lowest BCUT2D eigenvalue weighted by Gasteiger charge is -2.36. The molecule has 120 valence electrons. The van der Waals surface area contributed by atoms with Crippen LogP contribution < -0.4 is 10.6 Å². The highest BCUT2D eigenvalue weighted by atomic mass is 16.3. The topological polar surface area (TPSA) is 74.2 Å². The van der Waals surface area contributed by atoms with Crippen LogP contribution in [-0.4, -0.2) is 28.1 Å². The number of anilines is 2. The Hall–Kier alpha value is -2.40. The quantitative estimate of drug-likeness (QED) is 0.793. The van der Waals surface area contributed by atoms with Crippen LogP contribution in [0.4, 0.5) is 11.5 Å². The number of hydrogen-bond donors (Lipinski definition) is 3. The Bertz CT molecular complexity index is 676. The predicted octanol–water partition coefficient (Wildman–Crippen LogP) is 2.97. The van der Waals surface area contributed by atoms with Crippen molar-refractivity contribution in [2.75, 3.05) is 17.2 Å². The first kappa shape index (κ1) is 15.5. The second-order valence-corrected chi connectivity index (χ2v) is 6.18. The first-order valence-electron chi connectivity index (χ1n) is 7.84. The Kier molecular flexibility index (Phi) is 4.30. The Morgan fingerprint density at radius 1 is 1.22 bits per heavy atom. The molecule has 0 atom stereocenters. The number of nitrogens with zero attached hydrogens (tertiary/aromatic N) is 1. The van der Waals surface area contributed by atoms with Gasteiger partial charge in [-0.2, -0.15) is 0 Å². The lowest BCUT2D eigenvalue weighted by molar-refractivity contribution is -0.0202. The minimum Gasteiger partial charge on any atom is -0.388 e. The highest BCUT2D eigenvalue weighted by molar-refractivity contribution is 6.04. The van der Waals surface area contributed by atoms with E-state index in [0.29, 0.717) is 17.9 Å². The summed E-state index contributed by atoms with van der Waals surface area (Å²) in [6.07, 6.45) is 4.27. The van der Waals surface area contributed by atoms with Crippen LogP contribution in [0.2, 0.25) is 0 Å². The molecule has 0 unspecified atom stereocenters. The number of rotatable bonds is 5. The van der Waals surface area contributed by atoms with Crippen molar-refractivity contribution < 1.29 is 9.90 Å². The highest BCUT2D eigenvalue weighted by Crippen LogP contribution is 2.31. The van der Waals surface area contributed by atoms with Gasteiger partial charge >= 0.3 is 0 Å². The average Bonchev–Trinajstić information content (AvgIpc) is 2.54. The van der Waals surface area contributed by atoms with Crippen LogP contribution in [0.3, 0.4) is 0 Å². The zero-order valence-electron chi connectivity index (χ0n) is 13.2. The zero-order chi connectivity index (χ0) is 16.3. The molecule has 1 saturated carbocycles. The largest absolute Gasteiger partial charge is 0.388 e. The molecule has 23 heavy (non-hydrogen) atoms. The zero-order valence-corrected chi connectivity index (χ0v) is 13.2. The summed E-state index contributed by atoms with van der Waals surface area (Å²) in [5.41, 5.74) is 1.81. The van der Waals surface area contributed by atoms with E-state index in [1.165, 1.54) is 6.20 Å². The molecule has 3 N–H and O–H groups in total. The van der Waals surface area contributed by atoms with E-state index in [4.69, 9.17) is 0 Å². The van der Waals surface area contributed by atoms with Gasteiger partial charge in [-0.3, -0.25) is 4.79 Å². The lowest BCUT2D eigenvalue weighted by Crippen LogP contribution is -2.43. The van der Waals surface area contributed by atoms with E-state index < -0.39 is 5.60 Å². The van der Waals surface area contributed by atoms with Gasteiger partial charge in [-0.1, -0.05) is 17.7 Å². The SMILES string of the molecule is Cc1ccc(NC(=O)c2ccc(NCC3(O)CCC3)nc2)cc1. The van der Waals surface area contributed by atoms with E-state index in [1.807, 2.05) is 31.2 Å². The van der Waals surface area contributed by atoms with E-state index in [1.54, 1.807) is 12.1 Å². The summed E-state index contributed by atoms with van der Waals surface area (Å²) in [7, 11) is 0. The number of aryl methyl sites for hydroxylation is 1. The summed E-state index contributed by atoms with van der Waals surface area (Å²) in [5, 5.41) is 16.0. The van der Waals surface area contributed by atoms with Crippen LogP contribution in [0.5, 0.6) is 0 Å². The van der Waals surface area contributed by atoms with Gasteiger partial charge in [0.1, 0.15) is 5.82 Å². The van der Waals surface area contributed by atoms with Crippen molar-refractivity contribution in [3.63, 3.8) is 0 Å². The van der Waals surface area contributed by atoms with Gasteiger partial charge < -0.3 is 15.7 Å². The van der Waals surface area contributed by atoms with Crippen LogP contribution in [0.15, 0.2) is 42.6 Å². The smallest absolute Gasteiger partial charge is 0.257 e. The average molecular weight is 311 g/mol. The minimum atomic E-state index is -0.594. The van der Waals surface area contributed by atoms with Gasteiger partial charge in [-0.25, -0.2) is 4.98 Å². The number of amides is 1. The first-order valence-corrected chi connectivity index (χ1v) is 7.84. The molecule has 0 radical (unpaired) electrons. The van der Waals surface area contributed by atoms with Crippen LogP contribution >= 0.6 is 0 Å². The molecule has 1 aromatic carbocycles. The summed E-state index contributed by atoms with van der Waals surface area (Å²) in [6.45, 7) is 2.50. The van der Waals surface area contributed by atoms with Gasteiger partial charge in [0.05, 0.1) is 11.2 Å². The molecule has 1 amide bonds. The number of aliphatic hydroxyl groups is 1. The predicted molar refractivity (Wildman–Crippen MR) is 90.7 cm³/mol. The number of aromatic nitrogens is 1. The molecule has 1 aromatic heterocycles. The molecule has 0 spiro atoms. The van der Waals surface area contributed by atoms with E-state index in [9.17, 15) is 9.90 Å². The Morgan fingerprint density at radius 3 is 2.52 bits per heavy atom. The van der Waals surface area contributed by atoms with E-state index in [-0.39, 0.29) is 5.91 Å². The Balaban J connectivity index is 1.57. The third kappa shape index (κ3) is 3.87. The number of carbonyl (C=O) groups is 1. The summed E-state index contributed by atoms with van der Waals surface area (Å²) < 4.78 is 0. The molecule has 1 aliphatic rings. The van der Waals surface area contributed by atoms with Crippen LogP contribution in [0, 0.1) is 6.92 Å². The van der Waals surface area contributed by atoms with Crippen molar-refractivity contribution in [2.45, 2.75) is 31.8 Å². The minimum absolute atomic E-state index is 0.189. The maximum absolute atomic E-state index is 12.2. The van der Waals surface area contributed by atoms with Gasteiger partial charge in [0.15, 0.2) is 0 Å². The molecular formula is C18H21N3O2. The van der Waals surface area contributed by atoms with Gasteiger partial charge in [-0.15, -0.1) is 0 Å². The molecule has 0 bridgehead atoms. The maximum Gasteiger partial charge on any atom is 0.257 e. The van der Waals surface area contributed by atoms with Crippen molar-refractivity contribution in [1.82, 2.24) is 4.98 Å². The third-order valence-electron chi connectivity index (χ3n) is 4.22. The van der Waals surface area contributed by atoms with Gasteiger partial charge in [0.25, 0.3) is 5.91 Å². The molecule has 0 aliphatic heterocycles. The summed E-state index contributed by atoms with van der Waals surface area (Å²) in [6, 6.07) is 11.1. The molecule has 1 heterocycles. The molecule has 1 aliphatic carbocycles. The fourth-order valence-corrected chi connectivity index (χ4v) is 2.49. The molecule has 5 nitrogen and oxygen atoms in total. The van der Waals surface area contributed by atoms with Crippen LogP contribution in [0.1, 0.15) is 35.2 Å². The van der Waals surface area contributed by atoms with Crippen LogP contribution in [-0.2, 0) is 0 Å². The van der Waals surface area contributed by atoms with Crippen molar-refractivity contribution in [2.24, 2.45) is 0 Å². The third-order valence-corrected chi connectivity index (χ3v) is 4.22. The van der Waals surface area contributed by atoms with E-state index >= 15 is 0 Å². The molecule has 1 fully saturated rings. The molecule has 0 saturated heterocycles. The number of benzene rings is 1. The molecule has 2 aromatic rings. The number of hydrogen-bond acceptors (Lipinski definition) is 4. The summed E-state index contributed by atoms with van der Waals surface area (Å²) in [5.74, 6) is 0.475. The normalized spacial score (nSPS) is 15.6. The van der Waals surface area contributed by atoms with Gasteiger partial charge in [-0.05, 0) is 50.5 Å². The fourth-order valence-electron chi connectivity index (χ4n) is 2.49. The van der Waals surface area contributed by atoms with Crippen molar-refractivity contribution in [3.8, 4) is 0 Å². The summed E-state index contributed by atoms with van der Waals surface area (Å²) >= 11 is 0. The Morgan fingerprint density at radius 2 is 1.96 bits per heavy atom. The van der Waals surface area contributed by atoms with Gasteiger partial charge in [0.2, 0.25) is 0 Å². The monoisotopic (exact) mass is 311 g/mol. The van der Waals surface area contributed by atoms with Crippen molar-refractivity contribution >= 4 is 17.4 Å². The molecular weight excluding hydrogens is 290 g/mol. The fraction of sp³-hybridized carbons (Fsp3) is 0.333. The highest BCUT2D eigenvalue weighted by Gasteiger charge is 2.33. The first-order chi connectivity index (χ1) is 11.0. The standard InChI is InChI=1S/C18H21N3O2/c1-13-3-6-15(7-4-13)21-17(22)14-5-8-16(19-11-14)20-12-18(23)9-2-10-18/h3-8,11,23H,2,9-10,12H2,1H3,(H,19,20)(H,21,22). The van der Waals surface area contributed by atoms with E-state index in [0.717, 1.165) is 30.5 Å². The number of nitrogens with one attached hydrogen (secondary N) is 2. The second kappa shape index (κ2) is 6.38. The number of carbonyl (C=O) groups excluding carboxylic acids is 1. The van der Waals surface area contributed by atoms with Crippen LogP contribution in [0.25, 0.3) is 0 Å². The lowest BCUT2D eigenvalue weighted by atomic mass is 9.80. The van der Waals surface area contributed by atoms with Crippen molar-refractivity contribution in [3.05, 3.63) is 53.7 Å². The molecule has 3 rings (SSSR count).